The lowest BCUT2D eigenvalue weighted by molar-refractivity contribution is -0.123. The Kier molecular flexibility index (Phi) is 5.93. The quantitative estimate of drug-likeness (QED) is 0.738. The number of halogens is 4. The number of hydrogen-bond donors (Lipinski definition) is 2. The first-order valence-electron chi connectivity index (χ1n) is 8.13. The molecule has 6 nitrogen and oxygen atoms in total. The maximum atomic E-state index is 13.5. The van der Waals surface area contributed by atoms with E-state index < -0.39 is 41.5 Å². The minimum Gasteiger partial charge on any atom is -0.486 e. The zero-order valence-corrected chi connectivity index (χ0v) is 15.0. The van der Waals surface area contributed by atoms with Crippen LogP contribution in [-0.4, -0.2) is 31.6 Å². The SMILES string of the molecule is O=C(Cc1cc(Cl)c2c(c1)OCCO2)NCC(=O)Nc1ccc(F)c(F)c1F. The van der Waals surface area contributed by atoms with Gasteiger partial charge in [0.15, 0.2) is 29.0 Å². The van der Waals surface area contributed by atoms with Crippen LogP contribution in [0.1, 0.15) is 5.56 Å². The third-order valence-corrected chi connectivity index (χ3v) is 4.06. The van der Waals surface area contributed by atoms with Gasteiger partial charge in [0.05, 0.1) is 23.7 Å². The Labute approximate surface area is 162 Å². The Morgan fingerprint density at radius 3 is 2.57 bits per heavy atom. The van der Waals surface area contributed by atoms with Crippen LogP contribution in [0.2, 0.25) is 5.02 Å². The molecule has 2 N–H and O–H groups in total. The maximum absolute atomic E-state index is 13.5. The van der Waals surface area contributed by atoms with Crippen LogP contribution in [0.5, 0.6) is 11.5 Å². The van der Waals surface area contributed by atoms with Gasteiger partial charge in [-0.3, -0.25) is 9.59 Å². The van der Waals surface area contributed by atoms with E-state index in [1.807, 2.05) is 0 Å². The summed E-state index contributed by atoms with van der Waals surface area (Å²) < 4.78 is 50.4. The third-order valence-electron chi connectivity index (χ3n) is 3.78. The largest absolute Gasteiger partial charge is 0.486 e. The number of ether oxygens (including phenoxy) is 2. The standard InChI is InChI=1S/C18H14ClF3N2O4/c19-10-5-9(6-13-18(10)28-4-3-27-13)7-14(25)23-8-15(26)24-12-2-1-11(20)16(21)17(12)22/h1-2,5-6H,3-4,7-8H2,(H,23,25)(H,24,26). The molecule has 0 atom stereocenters. The van der Waals surface area contributed by atoms with Crippen molar-refractivity contribution in [3.63, 3.8) is 0 Å². The van der Waals surface area contributed by atoms with Crippen molar-refractivity contribution in [1.82, 2.24) is 5.32 Å². The summed E-state index contributed by atoms with van der Waals surface area (Å²) in [6.07, 6.45) is -0.0941. The monoisotopic (exact) mass is 414 g/mol. The van der Waals surface area contributed by atoms with Crippen LogP contribution < -0.4 is 20.1 Å². The first kappa shape index (κ1) is 19.8. The molecule has 28 heavy (non-hydrogen) atoms. The molecule has 0 fully saturated rings. The minimum absolute atomic E-state index is 0.0941. The van der Waals surface area contributed by atoms with E-state index in [1.54, 1.807) is 12.1 Å². The van der Waals surface area contributed by atoms with Gasteiger partial charge in [0.1, 0.15) is 13.2 Å². The van der Waals surface area contributed by atoms with Crippen molar-refractivity contribution in [2.24, 2.45) is 0 Å². The summed E-state index contributed by atoms with van der Waals surface area (Å²) in [4.78, 5) is 23.8. The Morgan fingerprint density at radius 1 is 1.04 bits per heavy atom. The lowest BCUT2D eigenvalue weighted by atomic mass is 10.1. The van der Waals surface area contributed by atoms with E-state index >= 15 is 0 Å². The Hall–Kier alpha value is -2.94. The summed E-state index contributed by atoms with van der Waals surface area (Å²) in [6, 6.07) is 4.71. The van der Waals surface area contributed by atoms with Crippen LogP contribution in [0.3, 0.4) is 0 Å². The number of rotatable bonds is 5. The number of hydrogen-bond acceptors (Lipinski definition) is 4. The molecule has 1 heterocycles. The maximum Gasteiger partial charge on any atom is 0.243 e. The third kappa shape index (κ3) is 4.48. The highest BCUT2D eigenvalue weighted by atomic mass is 35.5. The second kappa shape index (κ2) is 8.39. The summed E-state index contributed by atoms with van der Waals surface area (Å²) in [5, 5.41) is 4.69. The molecule has 0 radical (unpaired) electrons. The van der Waals surface area contributed by atoms with Crippen LogP contribution in [0, 0.1) is 17.5 Å². The smallest absolute Gasteiger partial charge is 0.243 e. The Bertz CT molecular complexity index is 940. The second-order valence-electron chi connectivity index (χ2n) is 5.83. The Morgan fingerprint density at radius 2 is 1.79 bits per heavy atom. The molecule has 0 spiro atoms. The molecule has 0 saturated carbocycles. The highest BCUT2D eigenvalue weighted by Gasteiger charge is 2.18. The van der Waals surface area contributed by atoms with Crippen molar-refractivity contribution in [3.05, 3.63) is 52.3 Å². The van der Waals surface area contributed by atoms with Gasteiger partial charge in [0, 0.05) is 0 Å². The fourth-order valence-electron chi connectivity index (χ4n) is 2.51. The molecule has 2 aromatic rings. The second-order valence-corrected chi connectivity index (χ2v) is 6.23. The molecule has 10 heteroatoms. The number of carbonyl (C=O) groups is 2. The van der Waals surface area contributed by atoms with E-state index in [1.165, 1.54) is 0 Å². The summed E-state index contributed by atoms with van der Waals surface area (Å²) in [7, 11) is 0. The lowest BCUT2D eigenvalue weighted by Gasteiger charge is -2.20. The van der Waals surface area contributed by atoms with Crippen molar-refractivity contribution >= 4 is 29.1 Å². The fraction of sp³-hybridized carbons (Fsp3) is 0.222. The van der Waals surface area contributed by atoms with Gasteiger partial charge >= 0.3 is 0 Å². The van der Waals surface area contributed by atoms with E-state index in [9.17, 15) is 22.8 Å². The number of nitrogens with one attached hydrogen (secondary N) is 2. The van der Waals surface area contributed by atoms with Crippen LogP contribution in [0.4, 0.5) is 18.9 Å². The summed E-state index contributed by atoms with van der Waals surface area (Å²) in [5.41, 5.74) is 0.00979. The van der Waals surface area contributed by atoms with Gasteiger partial charge < -0.3 is 20.1 Å². The molecule has 1 aliphatic heterocycles. The Balaban J connectivity index is 1.55. The van der Waals surface area contributed by atoms with Gasteiger partial charge in [-0.05, 0) is 29.8 Å². The van der Waals surface area contributed by atoms with Crippen molar-refractivity contribution < 1.29 is 32.2 Å². The number of amides is 2. The molecule has 0 unspecified atom stereocenters. The van der Waals surface area contributed by atoms with Crippen molar-refractivity contribution in [1.29, 1.82) is 0 Å². The molecule has 0 aromatic heterocycles. The normalized spacial score (nSPS) is 12.4. The van der Waals surface area contributed by atoms with E-state index in [0.29, 0.717) is 41.4 Å². The summed E-state index contributed by atoms with van der Waals surface area (Å²) in [5.74, 6) is -5.07. The number of benzene rings is 2. The van der Waals surface area contributed by atoms with Crippen molar-refractivity contribution in [2.45, 2.75) is 6.42 Å². The predicted molar refractivity (Wildman–Crippen MR) is 94.1 cm³/mol. The molecular weight excluding hydrogens is 401 g/mol. The molecular formula is C18H14ClF3N2O4. The average molecular weight is 415 g/mol. The molecule has 1 aliphatic rings. The van der Waals surface area contributed by atoms with E-state index in [0.717, 1.165) is 6.07 Å². The van der Waals surface area contributed by atoms with Gasteiger partial charge in [0.2, 0.25) is 11.8 Å². The molecule has 148 valence electrons. The van der Waals surface area contributed by atoms with Crippen LogP contribution >= 0.6 is 11.6 Å². The molecule has 0 saturated heterocycles. The van der Waals surface area contributed by atoms with E-state index in [2.05, 4.69) is 10.6 Å². The minimum atomic E-state index is -1.70. The number of anilines is 1. The average Bonchev–Trinajstić information content (AvgIpc) is 2.67. The summed E-state index contributed by atoms with van der Waals surface area (Å²) in [6.45, 7) is 0.245. The summed E-state index contributed by atoms with van der Waals surface area (Å²) >= 11 is 6.09. The highest BCUT2D eigenvalue weighted by Crippen LogP contribution is 2.38. The first-order chi connectivity index (χ1) is 13.3. The lowest BCUT2D eigenvalue weighted by Crippen LogP contribution is -2.34. The zero-order valence-electron chi connectivity index (χ0n) is 14.3. The number of fused-ring (bicyclic) bond motifs is 1. The first-order valence-corrected chi connectivity index (χ1v) is 8.51. The van der Waals surface area contributed by atoms with Crippen LogP contribution in [0.15, 0.2) is 24.3 Å². The topological polar surface area (TPSA) is 76.7 Å². The van der Waals surface area contributed by atoms with E-state index in [4.69, 9.17) is 21.1 Å². The molecule has 3 rings (SSSR count). The molecule has 0 bridgehead atoms. The van der Waals surface area contributed by atoms with Gasteiger partial charge in [-0.2, -0.15) is 0 Å². The van der Waals surface area contributed by atoms with Gasteiger partial charge in [0.25, 0.3) is 0 Å². The van der Waals surface area contributed by atoms with Crippen molar-refractivity contribution in [3.8, 4) is 11.5 Å². The zero-order chi connectivity index (χ0) is 20.3. The van der Waals surface area contributed by atoms with E-state index in [-0.39, 0.29) is 6.42 Å². The molecule has 0 aliphatic carbocycles. The van der Waals surface area contributed by atoms with Crippen molar-refractivity contribution in [2.75, 3.05) is 25.1 Å². The van der Waals surface area contributed by atoms with Crippen LogP contribution in [-0.2, 0) is 16.0 Å². The highest BCUT2D eigenvalue weighted by molar-refractivity contribution is 6.32. The van der Waals surface area contributed by atoms with Crippen LogP contribution in [0.25, 0.3) is 0 Å². The molecule has 2 aromatic carbocycles. The fourth-order valence-corrected chi connectivity index (χ4v) is 2.80. The van der Waals surface area contributed by atoms with Gasteiger partial charge in [-0.1, -0.05) is 11.6 Å². The van der Waals surface area contributed by atoms with Gasteiger partial charge in [-0.15, -0.1) is 0 Å². The number of carbonyl (C=O) groups excluding carboxylic acids is 2. The van der Waals surface area contributed by atoms with Gasteiger partial charge in [-0.25, -0.2) is 13.2 Å². The predicted octanol–water partition coefficient (Wildman–Crippen LogP) is 2.83. The molecule has 2 amide bonds.